The second-order valence-electron chi connectivity index (χ2n) is 3.41. The van der Waals surface area contributed by atoms with Crippen LogP contribution in [-0.2, 0) is 0 Å². The van der Waals surface area contributed by atoms with Gasteiger partial charge in [-0.2, -0.15) is 0 Å². The standard InChI is InChI=1S/C12H10O4S/c13-7-1-3-11(9(15)5-7)17-12-4-2-8(14)6-10(12)16/h1-6,13-16H. The Labute approximate surface area is 102 Å². The summed E-state index contributed by atoms with van der Waals surface area (Å²) in [5.41, 5.74) is 0. The summed E-state index contributed by atoms with van der Waals surface area (Å²) in [6, 6.07) is 8.42. The largest absolute Gasteiger partial charge is 0.508 e. The topological polar surface area (TPSA) is 80.9 Å². The maximum atomic E-state index is 9.59. The normalized spacial score (nSPS) is 10.4. The molecule has 4 N–H and O–H groups in total. The van der Waals surface area contributed by atoms with E-state index in [9.17, 15) is 10.2 Å². The smallest absolute Gasteiger partial charge is 0.133 e. The summed E-state index contributed by atoms with van der Waals surface area (Å²) in [5, 5.41) is 37.5. The van der Waals surface area contributed by atoms with Gasteiger partial charge in [0.05, 0.1) is 9.79 Å². The monoisotopic (exact) mass is 250 g/mol. The first kappa shape index (κ1) is 11.5. The summed E-state index contributed by atoms with van der Waals surface area (Å²) in [7, 11) is 0. The van der Waals surface area contributed by atoms with Crippen molar-refractivity contribution in [3.63, 3.8) is 0 Å². The zero-order chi connectivity index (χ0) is 12.4. The van der Waals surface area contributed by atoms with Gasteiger partial charge in [-0.1, -0.05) is 11.8 Å². The maximum absolute atomic E-state index is 9.59. The van der Waals surface area contributed by atoms with Gasteiger partial charge in [0.2, 0.25) is 0 Å². The average Bonchev–Trinajstić information content (AvgIpc) is 2.25. The van der Waals surface area contributed by atoms with Crippen LogP contribution in [0, 0.1) is 0 Å². The molecule has 0 atom stereocenters. The number of hydrogen-bond donors (Lipinski definition) is 4. The molecule has 0 aliphatic carbocycles. The Morgan fingerprint density at radius 2 is 1.06 bits per heavy atom. The first-order valence-corrected chi connectivity index (χ1v) is 5.60. The summed E-state index contributed by atoms with van der Waals surface area (Å²) < 4.78 is 0. The molecule has 5 heteroatoms. The van der Waals surface area contributed by atoms with Crippen LogP contribution in [0.3, 0.4) is 0 Å². The zero-order valence-electron chi connectivity index (χ0n) is 8.66. The molecule has 0 unspecified atom stereocenters. The van der Waals surface area contributed by atoms with Gasteiger partial charge in [0.25, 0.3) is 0 Å². The highest BCUT2D eigenvalue weighted by Gasteiger charge is 2.08. The lowest BCUT2D eigenvalue weighted by Crippen LogP contribution is -1.77. The Balaban J connectivity index is 2.31. The molecule has 2 aromatic rings. The van der Waals surface area contributed by atoms with Crippen molar-refractivity contribution in [3.8, 4) is 23.0 Å². The quantitative estimate of drug-likeness (QED) is 0.659. The first-order chi connectivity index (χ1) is 8.06. The van der Waals surface area contributed by atoms with Crippen LogP contribution in [0.25, 0.3) is 0 Å². The van der Waals surface area contributed by atoms with E-state index in [2.05, 4.69) is 0 Å². The second-order valence-corrected chi connectivity index (χ2v) is 4.49. The third-order valence-corrected chi connectivity index (χ3v) is 3.24. The highest BCUT2D eigenvalue weighted by molar-refractivity contribution is 7.99. The Hall–Kier alpha value is -2.01. The van der Waals surface area contributed by atoms with Gasteiger partial charge in [0.15, 0.2) is 0 Å². The number of hydrogen-bond acceptors (Lipinski definition) is 5. The Bertz CT molecular complexity index is 505. The van der Waals surface area contributed by atoms with Crippen LogP contribution >= 0.6 is 11.8 Å². The first-order valence-electron chi connectivity index (χ1n) is 4.78. The maximum Gasteiger partial charge on any atom is 0.133 e. The third kappa shape index (κ3) is 2.57. The van der Waals surface area contributed by atoms with Crippen LogP contribution in [0.1, 0.15) is 0 Å². The molecule has 17 heavy (non-hydrogen) atoms. The fourth-order valence-electron chi connectivity index (χ4n) is 1.30. The fraction of sp³-hybridized carbons (Fsp3) is 0. The van der Waals surface area contributed by atoms with Gasteiger partial charge < -0.3 is 20.4 Å². The molecule has 0 radical (unpaired) electrons. The molecule has 0 spiro atoms. The van der Waals surface area contributed by atoms with Crippen LogP contribution in [0.2, 0.25) is 0 Å². The van der Waals surface area contributed by atoms with Gasteiger partial charge in [-0.05, 0) is 24.3 Å². The van der Waals surface area contributed by atoms with Crippen molar-refractivity contribution in [1.82, 2.24) is 0 Å². The zero-order valence-corrected chi connectivity index (χ0v) is 9.48. The van der Waals surface area contributed by atoms with Gasteiger partial charge in [-0.3, -0.25) is 0 Å². The van der Waals surface area contributed by atoms with E-state index in [0.29, 0.717) is 9.79 Å². The van der Waals surface area contributed by atoms with Crippen molar-refractivity contribution in [2.24, 2.45) is 0 Å². The van der Waals surface area contributed by atoms with E-state index >= 15 is 0 Å². The minimum atomic E-state index is -0.0672. The molecular weight excluding hydrogens is 240 g/mol. The van der Waals surface area contributed by atoms with Gasteiger partial charge in [-0.25, -0.2) is 0 Å². The number of aromatic hydroxyl groups is 4. The molecule has 0 aliphatic rings. The molecule has 0 saturated carbocycles. The van der Waals surface area contributed by atoms with Gasteiger partial charge in [-0.15, -0.1) is 0 Å². The van der Waals surface area contributed by atoms with Gasteiger partial charge in [0, 0.05) is 12.1 Å². The molecule has 0 aliphatic heterocycles. The number of phenolic OH excluding ortho intramolecular Hbond substituents is 4. The lowest BCUT2D eigenvalue weighted by atomic mass is 10.3. The summed E-state index contributed by atoms with van der Waals surface area (Å²) in [6.07, 6.45) is 0. The minimum Gasteiger partial charge on any atom is -0.508 e. The SMILES string of the molecule is Oc1ccc(Sc2ccc(O)cc2O)c(O)c1. The molecule has 4 nitrogen and oxygen atoms in total. The number of benzene rings is 2. The predicted molar refractivity (Wildman–Crippen MR) is 63.7 cm³/mol. The van der Waals surface area contributed by atoms with E-state index in [4.69, 9.17) is 10.2 Å². The number of phenols is 4. The molecule has 0 aromatic heterocycles. The van der Waals surface area contributed by atoms with Crippen LogP contribution in [0.15, 0.2) is 46.2 Å². The molecule has 0 bridgehead atoms. The summed E-state index contributed by atoms with van der Waals surface area (Å²) in [6.45, 7) is 0. The Morgan fingerprint density at radius 1 is 0.647 bits per heavy atom. The molecular formula is C12H10O4S. The van der Waals surface area contributed by atoms with Crippen LogP contribution < -0.4 is 0 Å². The van der Waals surface area contributed by atoms with Crippen LogP contribution in [0.4, 0.5) is 0 Å². The van der Waals surface area contributed by atoms with Crippen molar-refractivity contribution < 1.29 is 20.4 Å². The van der Waals surface area contributed by atoms with Gasteiger partial charge in [0.1, 0.15) is 23.0 Å². The molecule has 0 heterocycles. The van der Waals surface area contributed by atoms with Crippen LogP contribution in [0.5, 0.6) is 23.0 Å². The average molecular weight is 250 g/mol. The molecule has 88 valence electrons. The minimum absolute atomic E-state index is 0.0261. The van der Waals surface area contributed by atoms with Crippen molar-refractivity contribution in [2.75, 3.05) is 0 Å². The molecule has 0 saturated heterocycles. The van der Waals surface area contributed by atoms with E-state index < -0.39 is 0 Å². The summed E-state index contributed by atoms with van der Waals surface area (Å²) in [4.78, 5) is 1.01. The van der Waals surface area contributed by atoms with Crippen molar-refractivity contribution in [2.45, 2.75) is 9.79 Å². The van der Waals surface area contributed by atoms with Crippen molar-refractivity contribution >= 4 is 11.8 Å². The predicted octanol–water partition coefficient (Wildman–Crippen LogP) is 2.66. The molecule has 2 rings (SSSR count). The Morgan fingerprint density at radius 3 is 1.41 bits per heavy atom. The van der Waals surface area contributed by atoms with E-state index in [-0.39, 0.29) is 23.0 Å². The highest BCUT2D eigenvalue weighted by Crippen LogP contribution is 2.40. The molecule has 0 amide bonds. The van der Waals surface area contributed by atoms with Crippen molar-refractivity contribution in [1.29, 1.82) is 0 Å². The van der Waals surface area contributed by atoms with Crippen LogP contribution in [-0.4, -0.2) is 20.4 Å². The van der Waals surface area contributed by atoms with E-state index in [0.717, 1.165) is 11.8 Å². The molecule has 2 aromatic carbocycles. The van der Waals surface area contributed by atoms with E-state index in [1.807, 2.05) is 0 Å². The summed E-state index contributed by atoms with van der Waals surface area (Å²) in [5.74, 6) is -0.187. The van der Waals surface area contributed by atoms with Crippen molar-refractivity contribution in [3.05, 3.63) is 36.4 Å². The fourth-order valence-corrected chi connectivity index (χ4v) is 2.14. The number of rotatable bonds is 2. The Kier molecular flexibility index (Phi) is 3.01. The third-order valence-electron chi connectivity index (χ3n) is 2.10. The molecule has 0 fully saturated rings. The van der Waals surface area contributed by atoms with E-state index in [1.165, 1.54) is 24.3 Å². The summed E-state index contributed by atoms with van der Waals surface area (Å²) >= 11 is 1.14. The lowest BCUT2D eigenvalue weighted by molar-refractivity contribution is 0.440. The second kappa shape index (κ2) is 4.47. The van der Waals surface area contributed by atoms with Gasteiger partial charge >= 0.3 is 0 Å². The van der Waals surface area contributed by atoms with E-state index in [1.54, 1.807) is 12.1 Å². The lowest BCUT2D eigenvalue weighted by Gasteiger charge is -2.06. The highest BCUT2D eigenvalue weighted by atomic mass is 32.2.